The van der Waals surface area contributed by atoms with Gasteiger partial charge in [-0.1, -0.05) is 0 Å². The quantitative estimate of drug-likeness (QED) is 0.287. The molecule has 0 atom stereocenters. The molecule has 204 valence electrons. The molecule has 0 spiro atoms. The van der Waals surface area contributed by atoms with E-state index in [0.29, 0.717) is 22.6 Å². The van der Waals surface area contributed by atoms with Crippen LogP contribution in [0.25, 0.3) is 10.4 Å². The van der Waals surface area contributed by atoms with Crippen molar-refractivity contribution in [2.75, 3.05) is 29.9 Å². The summed E-state index contributed by atoms with van der Waals surface area (Å²) in [4.78, 5) is 16.4. The number of carbonyl (C=O) groups is 1. The van der Waals surface area contributed by atoms with Gasteiger partial charge in [-0.05, 0) is 43.9 Å². The summed E-state index contributed by atoms with van der Waals surface area (Å²) in [7, 11) is -3.66. The summed E-state index contributed by atoms with van der Waals surface area (Å²) in [5.41, 5.74) is 2.42. The van der Waals surface area contributed by atoms with Gasteiger partial charge in [0.15, 0.2) is 0 Å². The lowest BCUT2D eigenvalue weighted by Crippen LogP contribution is -2.43. The van der Waals surface area contributed by atoms with Crippen LogP contribution in [0.3, 0.4) is 0 Å². The van der Waals surface area contributed by atoms with E-state index in [1.54, 1.807) is 24.7 Å². The van der Waals surface area contributed by atoms with Crippen molar-refractivity contribution < 1.29 is 27.4 Å². The number of aromatic nitrogens is 3. The Bertz CT molecular complexity index is 1380. The van der Waals surface area contributed by atoms with Gasteiger partial charge in [-0.3, -0.25) is 9.40 Å². The molecule has 38 heavy (non-hydrogen) atoms. The van der Waals surface area contributed by atoms with Crippen LogP contribution in [0.2, 0.25) is 0 Å². The molecule has 0 unspecified atom stereocenters. The second-order valence-electron chi connectivity index (χ2n) is 9.43. The maximum Gasteiger partial charge on any atom is 0.404 e. The highest BCUT2D eigenvalue weighted by Gasteiger charge is 2.33. The second-order valence-corrected chi connectivity index (χ2v) is 12.5. The minimum Gasteiger partial charge on any atom is -0.465 e. The van der Waals surface area contributed by atoms with Gasteiger partial charge in [0.2, 0.25) is 10.0 Å². The molecule has 2 aromatic heterocycles. The summed E-state index contributed by atoms with van der Waals surface area (Å²) in [6.07, 6.45) is 7.19. The number of hydrogen-bond acceptors (Lipinski definition) is 8. The van der Waals surface area contributed by atoms with Crippen LogP contribution in [0, 0.1) is 0 Å². The van der Waals surface area contributed by atoms with Gasteiger partial charge in [-0.2, -0.15) is 5.10 Å². The van der Waals surface area contributed by atoms with Gasteiger partial charge in [0, 0.05) is 35.6 Å². The van der Waals surface area contributed by atoms with Crippen LogP contribution in [0.5, 0.6) is 0 Å². The summed E-state index contributed by atoms with van der Waals surface area (Å²) < 4.78 is 47.9. The van der Waals surface area contributed by atoms with Crippen LogP contribution in [0.4, 0.5) is 26.2 Å². The predicted molar refractivity (Wildman–Crippen MR) is 142 cm³/mol. The van der Waals surface area contributed by atoms with E-state index < -0.39 is 28.0 Å². The molecule has 14 heteroatoms. The molecule has 1 saturated heterocycles. The van der Waals surface area contributed by atoms with E-state index >= 15 is 0 Å². The number of carboxylic acid groups (broad SMARTS) is 1. The summed E-state index contributed by atoms with van der Waals surface area (Å²) >= 11 is 1.52. The maximum absolute atomic E-state index is 13.0. The summed E-state index contributed by atoms with van der Waals surface area (Å²) in [6, 6.07) is 5.37. The third kappa shape index (κ3) is 6.08. The molecule has 1 saturated carbocycles. The first-order valence-corrected chi connectivity index (χ1v) is 14.7. The zero-order valence-corrected chi connectivity index (χ0v) is 22.1. The number of nitrogens with zero attached hydrogens (tertiary/aromatic N) is 3. The average molecular weight is 565 g/mol. The van der Waals surface area contributed by atoms with Gasteiger partial charge in [-0.25, -0.2) is 22.6 Å². The Morgan fingerprint density at radius 2 is 1.97 bits per heavy atom. The van der Waals surface area contributed by atoms with Gasteiger partial charge in [0.05, 0.1) is 47.2 Å². The minimum atomic E-state index is -3.66. The van der Waals surface area contributed by atoms with Gasteiger partial charge >= 0.3 is 6.09 Å². The number of sulfonamides is 1. The number of rotatable bonds is 10. The fourth-order valence-electron chi connectivity index (χ4n) is 4.61. The standard InChI is InChI=1S/C24H29FN6O5S2/c25-7-8-31-12-18(10-27-31)28-17-5-6-20(21(9-17)30-38(34,35)19-13-36-14-19)22-11-26-23(37-22)15-1-3-16(4-2-15)29-24(32)33/h5-6,9-12,15-16,19,28-30H,1-4,7-8,13-14H2,(H,32,33). The van der Waals surface area contributed by atoms with E-state index in [1.165, 1.54) is 16.0 Å². The topological polar surface area (TPSA) is 147 Å². The second kappa shape index (κ2) is 11.3. The van der Waals surface area contributed by atoms with Crippen LogP contribution >= 0.6 is 11.3 Å². The third-order valence-corrected chi connectivity index (χ3v) is 9.59. The lowest BCUT2D eigenvalue weighted by atomic mass is 9.86. The average Bonchev–Trinajstić information content (AvgIpc) is 3.48. The molecule has 11 nitrogen and oxygen atoms in total. The van der Waals surface area contributed by atoms with Crippen LogP contribution in [-0.2, 0) is 21.3 Å². The van der Waals surface area contributed by atoms with Gasteiger partial charge < -0.3 is 20.5 Å². The van der Waals surface area contributed by atoms with Crippen molar-refractivity contribution in [2.45, 2.75) is 49.4 Å². The Morgan fingerprint density at radius 3 is 2.66 bits per heavy atom. The number of thiazole rings is 1. The Hall–Kier alpha value is -3.23. The van der Waals surface area contributed by atoms with E-state index in [2.05, 4.69) is 25.4 Å². The highest BCUT2D eigenvalue weighted by atomic mass is 32.2. The number of aryl methyl sites for hydroxylation is 1. The normalized spacial score (nSPS) is 20.0. The molecule has 2 fully saturated rings. The molecule has 0 bridgehead atoms. The van der Waals surface area contributed by atoms with Crippen LogP contribution in [-0.4, -0.2) is 65.6 Å². The van der Waals surface area contributed by atoms with E-state index in [4.69, 9.17) is 9.84 Å². The monoisotopic (exact) mass is 564 g/mol. The van der Waals surface area contributed by atoms with E-state index in [9.17, 15) is 17.6 Å². The number of nitrogens with one attached hydrogen (secondary N) is 3. The van der Waals surface area contributed by atoms with Crippen LogP contribution < -0.4 is 15.4 Å². The SMILES string of the molecule is O=C(O)NC1CCC(c2ncc(-c3ccc(Nc4cnn(CCF)c4)cc3NS(=O)(=O)C3COC3)s2)CC1. The number of benzene rings is 1. The fourth-order valence-corrected chi connectivity index (χ4v) is 6.93. The molecule has 1 aromatic carbocycles. The lowest BCUT2D eigenvalue weighted by Gasteiger charge is -2.27. The largest absolute Gasteiger partial charge is 0.465 e. The fraction of sp³-hybridized carbons (Fsp3) is 0.458. The molecular formula is C24H29FN6O5S2. The Morgan fingerprint density at radius 1 is 1.18 bits per heavy atom. The van der Waals surface area contributed by atoms with Crippen molar-refractivity contribution in [3.05, 3.63) is 41.8 Å². The van der Waals surface area contributed by atoms with E-state index in [-0.39, 0.29) is 31.7 Å². The molecule has 4 N–H and O–H groups in total. The maximum atomic E-state index is 13.0. The molecule has 0 radical (unpaired) electrons. The zero-order chi connectivity index (χ0) is 26.7. The van der Waals surface area contributed by atoms with Crippen molar-refractivity contribution >= 4 is 44.5 Å². The smallest absolute Gasteiger partial charge is 0.404 e. The van der Waals surface area contributed by atoms with Gasteiger partial charge in [0.1, 0.15) is 11.9 Å². The molecule has 1 amide bonds. The number of amides is 1. The highest BCUT2D eigenvalue weighted by Crippen LogP contribution is 2.41. The Labute approximate surface area is 223 Å². The van der Waals surface area contributed by atoms with Crippen molar-refractivity contribution in [2.24, 2.45) is 0 Å². The van der Waals surface area contributed by atoms with Crippen LogP contribution in [0.15, 0.2) is 36.8 Å². The zero-order valence-electron chi connectivity index (χ0n) is 20.5. The first kappa shape index (κ1) is 26.4. The molecule has 1 aliphatic carbocycles. The van der Waals surface area contributed by atoms with E-state index in [1.807, 2.05) is 12.1 Å². The van der Waals surface area contributed by atoms with Crippen molar-refractivity contribution in [1.82, 2.24) is 20.1 Å². The molecular weight excluding hydrogens is 535 g/mol. The molecule has 2 aliphatic rings. The highest BCUT2D eigenvalue weighted by molar-refractivity contribution is 7.93. The van der Waals surface area contributed by atoms with Crippen molar-refractivity contribution in [3.63, 3.8) is 0 Å². The summed E-state index contributed by atoms with van der Waals surface area (Å²) in [6.45, 7) is -0.0638. The van der Waals surface area contributed by atoms with Gasteiger partial charge in [0.25, 0.3) is 0 Å². The molecule has 5 rings (SSSR count). The number of halogens is 1. The Kier molecular flexibility index (Phi) is 7.81. The molecule has 3 heterocycles. The number of ether oxygens (including phenoxy) is 1. The van der Waals surface area contributed by atoms with E-state index in [0.717, 1.165) is 35.6 Å². The minimum absolute atomic E-state index is 0.0381. The number of hydrogen-bond donors (Lipinski definition) is 4. The van der Waals surface area contributed by atoms with Gasteiger partial charge in [-0.15, -0.1) is 11.3 Å². The molecule has 3 aromatic rings. The number of anilines is 3. The van der Waals surface area contributed by atoms with Crippen LogP contribution in [0.1, 0.15) is 36.6 Å². The predicted octanol–water partition coefficient (Wildman–Crippen LogP) is 4.15. The number of alkyl halides is 1. The summed E-state index contributed by atoms with van der Waals surface area (Å²) in [5, 5.41) is 19.2. The first-order valence-electron chi connectivity index (χ1n) is 12.3. The van der Waals surface area contributed by atoms with Crippen molar-refractivity contribution in [1.29, 1.82) is 0 Å². The Balaban J connectivity index is 1.38. The molecule has 1 aliphatic heterocycles. The summed E-state index contributed by atoms with van der Waals surface area (Å²) in [5.74, 6) is 0.231. The first-order chi connectivity index (χ1) is 18.3. The lowest BCUT2D eigenvalue weighted by molar-refractivity contribution is 0.0418. The third-order valence-electron chi connectivity index (χ3n) is 6.75. The van der Waals surface area contributed by atoms with Crippen molar-refractivity contribution in [3.8, 4) is 10.4 Å².